The first-order chi connectivity index (χ1) is 4.20. The third kappa shape index (κ3) is 3.52. The van der Waals surface area contributed by atoms with Gasteiger partial charge < -0.3 is 10.4 Å². The Morgan fingerprint density at radius 1 is 1.11 bits per heavy atom. The highest BCUT2D eigenvalue weighted by molar-refractivity contribution is 6.01. The van der Waals surface area contributed by atoms with E-state index in [4.69, 9.17) is 10.4 Å². The first kappa shape index (κ1) is 7.94. The summed E-state index contributed by atoms with van der Waals surface area (Å²) in [6.45, 7) is 3.30. The molecule has 0 radical (unpaired) electrons. The molecule has 0 aliphatic heterocycles. The molecule has 0 aromatic carbocycles. The van der Waals surface area contributed by atoms with Gasteiger partial charge in [0.05, 0.1) is 11.4 Å². The molecule has 0 aromatic rings. The summed E-state index contributed by atoms with van der Waals surface area (Å²) in [6.07, 6.45) is 0.410. The average molecular weight is 130 g/mol. The first-order valence-electron chi connectivity index (χ1n) is 2.55. The molecule has 52 valence electrons. The number of oxime groups is 2. The standard InChI is InChI=1S/C5H10N2O2/c1-4(6-8)3-5(2)7-9/h8-9H,3H2,1-2H3/b6-4-,7-5+. The Balaban J connectivity index is 3.75. The molecule has 0 atom stereocenters. The Bertz CT molecular complexity index is 124. The maximum atomic E-state index is 8.13. The molecule has 2 N–H and O–H groups in total. The van der Waals surface area contributed by atoms with E-state index in [-0.39, 0.29) is 0 Å². The van der Waals surface area contributed by atoms with Crippen molar-refractivity contribution in [1.29, 1.82) is 0 Å². The summed E-state index contributed by atoms with van der Waals surface area (Å²) in [7, 11) is 0. The minimum atomic E-state index is 0.410. The third-order valence-corrected chi connectivity index (χ3v) is 0.853. The van der Waals surface area contributed by atoms with Gasteiger partial charge in [0.2, 0.25) is 0 Å². The van der Waals surface area contributed by atoms with E-state index in [1.807, 2.05) is 0 Å². The van der Waals surface area contributed by atoms with Crippen LogP contribution in [-0.2, 0) is 0 Å². The normalized spacial score (nSPS) is 14.0. The molecule has 0 saturated heterocycles. The van der Waals surface area contributed by atoms with Gasteiger partial charge in [-0.3, -0.25) is 0 Å². The van der Waals surface area contributed by atoms with Crippen molar-refractivity contribution in [2.24, 2.45) is 10.3 Å². The smallest absolute Gasteiger partial charge is 0.0597 e. The second-order valence-electron chi connectivity index (χ2n) is 1.85. The van der Waals surface area contributed by atoms with E-state index in [1.54, 1.807) is 13.8 Å². The molecule has 0 aliphatic carbocycles. The van der Waals surface area contributed by atoms with Crippen molar-refractivity contribution in [3.05, 3.63) is 0 Å². The lowest BCUT2D eigenvalue weighted by Gasteiger charge is -1.92. The summed E-state index contributed by atoms with van der Waals surface area (Å²) >= 11 is 0. The monoisotopic (exact) mass is 130 g/mol. The van der Waals surface area contributed by atoms with Crippen LogP contribution in [-0.4, -0.2) is 21.8 Å². The average Bonchev–Trinajstić information content (AvgIpc) is 1.87. The molecule has 0 aromatic heterocycles. The Morgan fingerprint density at radius 2 is 1.44 bits per heavy atom. The van der Waals surface area contributed by atoms with Crippen LogP contribution in [0.2, 0.25) is 0 Å². The van der Waals surface area contributed by atoms with Gasteiger partial charge >= 0.3 is 0 Å². The fraction of sp³-hybridized carbons (Fsp3) is 0.600. The molecule has 9 heavy (non-hydrogen) atoms. The third-order valence-electron chi connectivity index (χ3n) is 0.853. The highest BCUT2D eigenvalue weighted by atomic mass is 16.4. The lowest BCUT2D eigenvalue weighted by atomic mass is 10.2. The van der Waals surface area contributed by atoms with Gasteiger partial charge in [-0.25, -0.2) is 0 Å². The van der Waals surface area contributed by atoms with Gasteiger partial charge in [-0.1, -0.05) is 10.3 Å². The van der Waals surface area contributed by atoms with Gasteiger partial charge in [-0.15, -0.1) is 0 Å². The zero-order chi connectivity index (χ0) is 7.28. The Labute approximate surface area is 53.5 Å². The van der Waals surface area contributed by atoms with Crippen molar-refractivity contribution < 1.29 is 10.4 Å². The van der Waals surface area contributed by atoms with E-state index in [2.05, 4.69) is 10.3 Å². The maximum absolute atomic E-state index is 8.13. The van der Waals surface area contributed by atoms with Gasteiger partial charge in [0, 0.05) is 6.42 Å². The van der Waals surface area contributed by atoms with Gasteiger partial charge in [-0.2, -0.15) is 0 Å². The van der Waals surface area contributed by atoms with Crippen LogP contribution in [0.1, 0.15) is 20.3 Å². The van der Waals surface area contributed by atoms with E-state index >= 15 is 0 Å². The van der Waals surface area contributed by atoms with E-state index in [0.29, 0.717) is 17.8 Å². The number of hydrogen-bond acceptors (Lipinski definition) is 4. The fourth-order valence-corrected chi connectivity index (χ4v) is 0.441. The summed E-state index contributed by atoms with van der Waals surface area (Å²) < 4.78 is 0. The van der Waals surface area contributed by atoms with Crippen molar-refractivity contribution >= 4 is 11.4 Å². The van der Waals surface area contributed by atoms with Crippen LogP contribution in [0.5, 0.6) is 0 Å². The zero-order valence-electron chi connectivity index (χ0n) is 5.50. The van der Waals surface area contributed by atoms with Crippen LogP contribution in [0.3, 0.4) is 0 Å². The second kappa shape index (κ2) is 3.88. The van der Waals surface area contributed by atoms with Gasteiger partial charge in [-0.05, 0) is 13.8 Å². The SMILES string of the molecule is C/C(C/C(C)=N/O)=N/O. The molecule has 4 nitrogen and oxygen atoms in total. The molecule has 0 saturated carbocycles. The van der Waals surface area contributed by atoms with E-state index < -0.39 is 0 Å². The second-order valence-corrected chi connectivity index (χ2v) is 1.85. The predicted octanol–water partition coefficient (Wildman–Crippen LogP) is 1.08. The van der Waals surface area contributed by atoms with E-state index in [1.165, 1.54) is 0 Å². The van der Waals surface area contributed by atoms with E-state index in [9.17, 15) is 0 Å². The Hall–Kier alpha value is -1.06. The summed E-state index contributed by atoms with van der Waals surface area (Å²) in [5, 5.41) is 22.1. The predicted molar refractivity (Wildman–Crippen MR) is 34.4 cm³/mol. The highest BCUT2D eigenvalue weighted by Gasteiger charge is 1.94. The molecule has 0 bridgehead atoms. The largest absolute Gasteiger partial charge is 0.411 e. The zero-order valence-corrected chi connectivity index (χ0v) is 5.50. The fourth-order valence-electron chi connectivity index (χ4n) is 0.441. The molecule has 0 fully saturated rings. The van der Waals surface area contributed by atoms with Crippen molar-refractivity contribution in [2.75, 3.05) is 0 Å². The molecule has 0 rings (SSSR count). The highest BCUT2D eigenvalue weighted by Crippen LogP contribution is 1.87. The minimum absolute atomic E-state index is 0.410. The van der Waals surface area contributed by atoms with Gasteiger partial charge in [0.15, 0.2) is 0 Å². The Kier molecular flexibility index (Phi) is 3.43. The van der Waals surface area contributed by atoms with Crippen LogP contribution in [0, 0.1) is 0 Å². The lowest BCUT2D eigenvalue weighted by Crippen LogP contribution is -1.99. The van der Waals surface area contributed by atoms with Crippen molar-refractivity contribution in [3.8, 4) is 0 Å². The lowest BCUT2D eigenvalue weighted by molar-refractivity contribution is 0.315. The molecular weight excluding hydrogens is 120 g/mol. The number of nitrogens with zero attached hydrogens (tertiary/aromatic N) is 2. The maximum Gasteiger partial charge on any atom is 0.0597 e. The molecule has 0 spiro atoms. The van der Waals surface area contributed by atoms with Crippen LogP contribution < -0.4 is 0 Å². The van der Waals surface area contributed by atoms with Crippen LogP contribution in [0.15, 0.2) is 10.3 Å². The molecule has 0 aliphatic rings. The molecule has 4 heteroatoms. The molecular formula is C5H10N2O2. The number of rotatable bonds is 2. The molecule has 0 heterocycles. The van der Waals surface area contributed by atoms with Crippen LogP contribution >= 0.6 is 0 Å². The quantitative estimate of drug-likeness (QED) is 0.333. The van der Waals surface area contributed by atoms with Gasteiger partial charge in [0.1, 0.15) is 0 Å². The topological polar surface area (TPSA) is 65.2 Å². The summed E-state index contributed by atoms with van der Waals surface area (Å²) in [5.74, 6) is 0. The van der Waals surface area contributed by atoms with Crippen molar-refractivity contribution in [1.82, 2.24) is 0 Å². The minimum Gasteiger partial charge on any atom is -0.411 e. The van der Waals surface area contributed by atoms with Gasteiger partial charge in [0.25, 0.3) is 0 Å². The molecule has 0 unspecified atom stereocenters. The number of hydrogen-bond donors (Lipinski definition) is 2. The van der Waals surface area contributed by atoms with Crippen molar-refractivity contribution in [2.45, 2.75) is 20.3 Å². The molecule has 0 amide bonds. The van der Waals surface area contributed by atoms with Crippen molar-refractivity contribution in [3.63, 3.8) is 0 Å². The summed E-state index contributed by atoms with van der Waals surface area (Å²) in [6, 6.07) is 0. The first-order valence-corrected chi connectivity index (χ1v) is 2.55. The van der Waals surface area contributed by atoms with Crippen LogP contribution in [0.25, 0.3) is 0 Å². The summed E-state index contributed by atoms with van der Waals surface area (Å²) in [5.41, 5.74) is 1.07. The summed E-state index contributed by atoms with van der Waals surface area (Å²) in [4.78, 5) is 0. The Morgan fingerprint density at radius 3 is 1.67 bits per heavy atom. The van der Waals surface area contributed by atoms with Crippen LogP contribution in [0.4, 0.5) is 0 Å². The van der Waals surface area contributed by atoms with E-state index in [0.717, 1.165) is 0 Å².